The van der Waals surface area contributed by atoms with Crippen LogP contribution in [0.15, 0.2) is 54.6 Å². The first-order chi connectivity index (χ1) is 10.8. The Morgan fingerprint density at radius 2 is 1.82 bits per heavy atom. The summed E-state index contributed by atoms with van der Waals surface area (Å²) in [5.74, 6) is 1.63. The second-order valence-corrected chi connectivity index (χ2v) is 6.29. The molecule has 0 spiro atoms. The van der Waals surface area contributed by atoms with E-state index in [1.807, 2.05) is 0 Å². The van der Waals surface area contributed by atoms with Crippen LogP contribution in [0.4, 0.5) is 0 Å². The lowest BCUT2D eigenvalue weighted by Gasteiger charge is -2.24. The molecule has 2 aromatic rings. The van der Waals surface area contributed by atoms with Gasteiger partial charge in [-0.1, -0.05) is 42.5 Å². The van der Waals surface area contributed by atoms with E-state index in [0.717, 1.165) is 12.2 Å². The Kier molecular flexibility index (Phi) is 4.79. The molecule has 3 rings (SSSR count). The normalized spacial score (nSPS) is 20.0. The molecular weight excluding hydrogens is 270 g/mol. The molecule has 2 unspecified atom stereocenters. The molecule has 1 saturated heterocycles. The van der Waals surface area contributed by atoms with Gasteiger partial charge in [0.25, 0.3) is 0 Å². The first kappa shape index (κ1) is 15.1. The highest BCUT2D eigenvalue weighted by molar-refractivity contribution is 5.28. The Morgan fingerprint density at radius 3 is 2.50 bits per heavy atom. The minimum absolute atomic E-state index is 0.585. The quantitative estimate of drug-likeness (QED) is 0.823. The Labute approximate surface area is 133 Å². The third-order valence-corrected chi connectivity index (χ3v) is 4.80. The Hall–Kier alpha value is -1.80. The van der Waals surface area contributed by atoms with E-state index >= 15 is 0 Å². The van der Waals surface area contributed by atoms with Crippen LogP contribution in [0.25, 0.3) is 0 Å². The Balaban J connectivity index is 1.58. The molecule has 2 aromatic carbocycles. The average molecular weight is 295 g/mol. The van der Waals surface area contributed by atoms with Crippen LogP contribution >= 0.6 is 0 Å². The number of nitrogens with zero attached hydrogens (tertiary/aromatic N) is 1. The van der Waals surface area contributed by atoms with Crippen molar-refractivity contribution in [1.82, 2.24) is 4.90 Å². The Morgan fingerprint density at radius 1 is 1.09 bits per heavy atom. The summed E-state index contributed by atoms with van der Waals surface area (Å²) in [5, 5.41) is 0. The smallest absolute Gasteiger partial charge is 0.118 e. The highest BCUT2D eigenvalue weighted by atomic mass is 16.5. The van der Waals surface area contributed by atoms with Crippen LogP contribution in [0.5, 0.6) is 5.75 Å². The van der Waals surface area contributed by atoms with Gasteiger partial charge in [0.2, 0.25) is 0 Å². The second-order valence-electron chi connectivity index (χ2n) is 6.29. The van der Waals surface area contributed by atoms with Crippen molar-refractivity contribution in [2.75, 3.05) is 20.2 Å². The van der Waals surface area contributed by atoms with E-state index in [-0.39, 0.29) is 0 Å². The molecule has 0 N–H and O–H groups in total. The lowest BCUT2D eigenvalue weighted by molar-refractivity contribution is 0.254. The molecule has 0 aliphatic carbocycles. The molecule has 1 aliphatic heterocycles. The van der Waals surface area contributed by atoms with E-state index in [2.05, 4.69) is 66.4 Å². The summed E-state index contributed by atoms with van der Waals surface area (Å²) >= 11 is 0. The van der Waals surface area contributed by atoms with Gasteiger partial charge in [0.05, 0.1) is 7.11 Å². The monoisotopic (exact) mass is 295 g/mol. The van der Waals surface area contributed by atoms with Crippen LogP contribution in [0.2, 0.25) is 0 Å². The fourth-order valence-electron chi connectivity index (χ4n) is 3.42. The van der Waals surface area contributed by atoms with Gasteiger partial charge >= 0.3 is 0 Å². The number of methoxy groups -OCH3 is 1. The minimum Gasteiger partial charge on any atom is -0.497 e. The summed E-state index contributed by atoms with van der Waals surface area (Å²) in [6.07, 6.45) is 2.38. The van der Waals surface area contributed by atoms with Crippen LogP contribution in [-0.4, -0.2) is 31.1 Å². The van der Waals surface area contributed by atoms with Crippen molar-refractivity contribution in [2.45, 2.75) is 31.7 Å². The van der Waals surface area contributed by atoms with Crippen molar-refractivity contribution >= 4 is 0 Å². The van der Waals surface area contributed by atoms with Crippen molar-refractivity contribution < 1.29 is 4.74 Å². The van der Waals surface area contributed by atoms with Gasteiger partial charge in [0.15, 0.2) is 0 Å². The Bertz CT molecular complexity index is 578. The fourth-order valence-corrected chi connectivity index (χ4v) is 3.42. The summed E-state index contributed by atoms with van der Waals surface area (Å²) in [6, 6.07) is 20.0. The first-order valence-corrected chi connectivity index (χ1v) is 8.18. The van der Waals surface area contributed by atoms with Crippen LogP contribution in [-0.2, 0) is 6.42 Å². The summed E-state index contributed by atoms with van der Waals surface area (Å²) < 4.78 is 5.23. The number of benzene rings is 2. The van der Waals surface area contributed by atoms with Gasteiger partial charge in [0, 0.05) is 12.6 Å². The molecule has 0 aromatic heterocycles. The van der Waals surface area contributed by atoms with Gasteiger partial charge < -0.3 is 4.74 Å². The molecule has 1 heterocycles. The zero-order valence-corrected chi connectivity index (χ0v) is 13.5. The maximum absolute atomic E-state index is 5.23. The summed E-state index contributed by atoms with van der Waals surface area (Å²) in [6.45, 7) is 4.73. The summed E-state index contributed by atoms with van der Waals surface area (Å²) in [5.41, 5.74) is 2.87. The predicted molar refractivity (Wildman–Crippen MR) is 91.5 cm³/mol. The number of hydrogen-bond donors (Lipinski definition) is 0. The van der Waals surface area contributed by atoms with Crippen molar-refractivity contribution in [3.8, 4) is 5.75 Å². The lowest BCUT2D eigenvalue weighted by atomic mass is 9.98. The van der Waals surface area contributed by atoms with Crippen molar-refractivity contribution in [1.29, 1.82) is 0 Å². The van der Waals surface area contributed by atoms with E-state index in [9.17, 15) is 0 Å². The molecule has 0 saturated carbocycles. The predicted octanol–water partition coefficient (Wildman–Crippen LogP) is 4.12. The summed E-state index contributed by atoms with van der Waals surface area (Å²) in [4.78, 5) is 2.63. The van der Waals surface area contributed by atoms with Gasteiger partial charge in [-0.25, -0.2) is 0 Å². The van der Waals surface area contributed by atoms with Gasteiger partial charge in [-0.15, -0.1) is 0 Å². The third-order valence-electron chi connectivity index (χ3n) is 4.80. The zero-order valence-electron chi connectivity index (χ0n) is 13.5. The minimum atomic E-state index is 0.585. The van der Waals surface area contributed by atoms with Gasteiger partial charge in [-0.05, 0) is 55.5 Å². The van der Waals surface area contributed by atoms with Crippen LogP contribution in [0.1, 0.15) is 30.4 Å². The number of hydrogen-bond acceptors (Lipinski definition) is 2. The molecule has 1 aliphatic rings. The second kappa shape index (κ2) is 6.97. The van der Waals surface area contributed by atoms with Crippen LogP contribution < -0.4 is 4.74 Å². The van der Waals surface area contributed by atoms with Crippen LogP contribution in [0, 0.1) is 0 Å². The van der Waals surface area contributed by atoms with Gasteiger partial charge in [-0.3, -0.25) is 4.90 Å². The molecular formula is C20H25NO. The third kappa shape index (κ3) is 3.50. The van der Waals surface area contributed by atoms with Gasteiger partial charge in [0.1, 0.15) is 5.75 Å². The molecule has 0 amide bonds. The molecule has 116 valence electrons. The van der Waals surface area contributed by atoms with E-state index in [4.69, 9.17) is 4.74 Å². The molecule has 2 nitrogen and oxygen atoms in total. The molecule has 2 heteroatoms. The fraction of sp³-hybridized carbons (Fsp3) is 0.400. The SMILES string of the molecule is COc1ccc(CC(C)N2CCC(c3ccccc3)C2)cc1. The number of ether oxygens (including phenoxy) is 1. The molecule has 0 bridgehead atoms. The van der Waals surface area contributed by atoms with E-state index in [1.54, 1.807) is 7.11 Å². The molecule has 22 heavy (non-hydrogen) atoms. The van der Waals surface area contributed by atoms with Gasteiger partial charge in [-0.2, -0.15) is 0 Å². The zero-order chi connectivity index (χ0) is 15.4. The van der Waals surface area contributed by atoms with Crippen molar-refractivity contribution in [2.24, 2.45) is 0 Å². The summed E-state index contributed by atoms with van der Waals surface area (Å²) in [7, 11) is 1.71. The van der Waals surface area contributed by atoms with Crippen molar-refractivity contribution in [3.05, 3.63) is 65.7 Å². The lowest BCUT2D eigenvalue weighted by Crippen LogP contribution is -2.32. The molecule has 1 fully saturated rings. The topological polar surface area (TPSA) is 12.5 Å². The molecule has 0 radical (unpaired) electrons. The standard InChI is InChI=1S/C20H25NO/c1-16(14-17-8-10-20(22-2)11-9-17)21-13-12-19(15-21)18-6-4-3-5-7-18/h3-11,16,19H,12-15H2,1-2H3. The van der Waals surface area contributed by atoms with Crippen LogP contribution in [0.3, 0.4) is 0 Å². The maximum atomic E-state index is 5.23. The average Bonchev–Trinajstić information content (AvgIpc) is 3.06. The maximum Gasteiger partial charge on any atom is 0.118 e. The largest absolute Gasteiger partial charge is 0.497 e. The molecule has 2 atom stereocenters. The van der Waals surface area contributed by atoms with E-state index in [1.165, 1.54) is 30.6 Å². The highest BCUT2D eigenvalue weighted by Crippen LogP contribution is 2.29. The van der Waals surface area contributed by atoms with E-state index < -0.39 is 0 Å². The number of likely N-dealkylation sites (tertiary alicyclic amines) is 1. The highest BCUT2D eigenvalue weighted by Gasteiger charge is 2.26. The van der Waals surface area contributed by atoms with E-state index in [0.29, 0.717) is 12.0 Å². The van der Waals surface area contributed by atoms with Crippen molar-refractivity contribution in [3.63, 3.8) is 0 Å². The first-order valence-electron chi connectivity index (χ1n) is 8.18. The number of rotatable bonds is 5.